The predicted molar refractivity (Wildman–Crippen MR) is 154 cm³/mol. The van der Waals surface area contributed by atoms with Gasteiger partial charge in [0.25, 0.3) is 10.0 Å². The summed E-state index contributed by atoms with van der Waals surface area (Å²) in [6.07, 6.45) is 10.2. The number of hydrogen-bond donors (Lipinski definition) is 2. The molecule has 6 atom stereocenters. The van der Waals surface area contributed by atoms with Gasteiger partial charge in [0, 0.05) is 41.7 Å². The fourth-order valence-electron chi connectivity index (χ4n) is 8.67. The zero-order valence-corrected chi connectivity index (χ0v) is 23.9. The number of anilines is 1. The summed E-state index contributed by atoms with van der Waals surface area (Å²) in [6.45, 7) is 4.76. The van der Waals surface area contributed by atoms with Crippen LogP contribution in [-0.4, -0.2) is 39.4 Å². The average Bonchev–Trinajstić information content (AvgIpc) is 3.23. The lowest BCUT2D eigenvalue weighted by Crippen LogP contribution is -2.50. The van der Waals surface area contributed by atoms with Gasteiger partial charge in [0.1, 0.15) is 0 Å². The molecule has 0 spiro atoms. The molecule has 4 aliphatic carbocycles. The third kappa shape index (κ3) is 3.91. The SMILES string of the molecule is CN(C)c1cccc2c(S(=O)(=O)N/N=C3/CCC4C5CC=C6C[C@@H](O)CC[C@]6(C)C5CC[C@]34C)cccc12. The van der Waals surface area contributed by atoms with E-state index in [2.05, 4.69) is 29.9 Å². The molecule has 38 heavy (non-hydrogen) atoms. The van der Waals surface area contributed by atoms with Crippen LogP contribution in [0.15, 0.2) is 58.0 Å². The van der Waals surface area contributed by atoms with E-state index >= 15 is 0 Å². The van der Waals surface area contributed by atoms with Crippen molar-refractivity contribution in [3.63, 3.8) is 0 Å². The Morgan fingerprint density at radius 1 is 0.974 bits per heavy atom. The molecule has 0 aliphatic heterocycles. The van der Waals surface area contributed by atoms with Crippen LogP contribution in [0.3, 0.4) is 0 Å². The van der Waals surface area contributed by atoms with Gasteiger partial charge in [0.15, 0.2) is 0 Å². The highest BCUT2D eigenvalue weighted by atomic mass is 32.2. The molecule has 3 saturated carbocycles. The Hall–Kier alpha value is -2.38. The van der Waals surface area contributed by atoms with Gasteiger partial charge in [-0.3, -0.25) is 0 Å². The Morgan fingerprint density at radius 3 is 2.47 bits per heavy atom. The van der Waals surface area contributed by atoms with Crippen LogP contribution in [-0.2, 0) is 10.0 Å². The molecule has 3 unspecified atom stereocenters. The zero-order valence-electron chi connectivity index (χ0n) is 23.1. The van der Waals surface area contributed by atoms with Crippen molar-refractivity contribution in [1.82, 2.24) is 4.83 Å². The second kappa shape index (κ2) is 9.09. The normalized spacial score (nSPS) is 35.8. The standard InChI is InChI=1S/C31H41N3O3S/c1-30-17-15-21(35)19-20(30)11-12-24-25-13-14-29(31(25,2)18-16-26(24)30)32-33-38(36,37)28-10-6-7-22-23(28)8-5-9-27(22)34(3)4/h5-11,21,24-26,33,35H,12-19H2,1-4H3/b32-29-/t21-,24?,25?,26?,30-,31-/m0/s1. The minimum Gasteiger partial charge on any atom is -0.393 e. The van der Waals surface area contributed by atoms with E-state index in [9.17, 15) is 13.5 Å². The number of hydrazone groups is 1. The van der Waals surface area contributed by atoms with Crippen molar-refractivity contribution in [3.8, 4) is 0 Å². The fourth-order valence-corrected chi connectivity index (χ4v) is 9.72. The third-order valence-corrected chi connectivity index (χ3v) is 12.0. The van der Waals surface area contributed by atoms with Crippen LogP contribution in [0.4, 0.5) is 5.69 Å². The molecule has 7 heteroatoms. The molecule has 0 aromatic heterocycles. The van der Waals surface area contributed by atoms with E-state index in [1.54, 1.807) is 12.1 Å². The number of aliphatic hydroxyl groups excluding tert-OH is 1. The van der Waals surface area contributed by atoms with Crippen molar-refractivity contribution >= 4 is 32.2 Å². The second-order valence-electron chi connectivity index (χ2n) is 12.8. The van der Waals surface area contributed by atoms with Crippen LogP contribution in [0.2, 0.25) is 0 Å². The maximum Gasteiger partial charge on any atom is 0.277 e. The lowest BCUT2D eigenvalue weighted by Gasteiger charge is -2.57. The smallest absolute Gasteiger partial charge is 0.277 e. The number of rotatable bonds is 4. The number of benzene rings is 2. The molecule has 0 amide bonds. The first-order valence-corrected chi connectivity index (χ1v) is 15.7. The van der Waals surface area contributed by atoms with E-state index in [0.717, 1.165) is 68.2 Å². The number of sulfonamides is 1. The Kier molecular flexibility index (Phi) is 6.19. The molecular weight excluding hydrogens is 494 g/mol. The molecule has 0 saturated heterocycles. The van der Waals surface area contributed by atoms with Crippen LogP contribution < -0.4 is 9.73 Å². The minimum absolute atomic E-state index is 0.0730. The maximum atomic E-state index is 13.5. The van der Waals surface area contributed by atoms with Crippen molar-refractivity contribution in [1.29, 1.82) is 0 Å². The highest BCUT2D eigenvalue weighted by Gasteiger charge is 2.57. The molecular formula is C31H41N3O3S. The van der Waals surface area contributed by atoms with Crippen LogP contribution >= 0.6 is 0 Å². The van der Waals surface area contributed by atoms with Crippen molar-refractivity contribution in [2.24, 2.45) is 33.7 Å². The maximum absolute atomic E-state index is 13.5. The molecule has 0 radical (unpaired) electrons. The highest BCUT2D eigenvalue weighted by molar-refractivity contribution is 7.89. The van der Waals surface area contributed by atoms with Crippen LogP contribution in [0, 0.1) is 28.6 Å². The van der Waals surface area contributed by atoms with E-state index in [1.165, 1.54) is 5.57 Å². The number of nitrogens with one attached hydrogen (secondary N) is 1. The van der Waals surface area contributed by atoms with Crippen LogP contribution in [0.25, 0.3) is 10.8 Å². The van der Waals surface area contributed by atoms with Gasteiger partial charge < -0.3 is 10.0 Å². The van der Waals surface area contributed by atoms with Crippen molar-refractivity contribution in [3.05, 3.63) is 48.0 Å². The van der Waals surface area contributed by atoms with Gasteiger partial charge in [0.2, 0.25) is 0 Å². The summed E-state index contributed by atoms with van der Waals surface area (Å²) in [5, 5.41) is 16.5. The van der Waals surface area contributed by atoms with Gasteiger partial charge in [-0.1, -0.05) is 49.8 Å². The summed E-state index contributed by atoms with van der Waals surface area (Å²) in [5.74, 6) is 1.77. The molecule has 2 aromatic rings. The Morgan fingerprint density at radius 2 is 1.68 bits per heavy atom. The number of aliphatic hydroxyl groups is 1. The molecule has 2 aromatic carbocycles. The first-order chi connectivity index (χ1) is 18.0. The Bertz CT molecular complexity index is 1430. The molecule has 2 N–H and O–H groups in total. The molecule has 0 heterocycles. The van der Waals surface area contributed by atoms with E-state index < -0.39 is 10.0 Å². The largest absolute Gasteiger partial charge is 0.393 e. The van der Waals surface area contributed by atoms with Gasteiger partial charge >= 0.3 is 0 Å². The summed E-state index contributed by atoms with van der Waals surface area (Å²) >= 11 is 0. The summed E-state index contributed by atoms with van der Waals surface area (Å²) in [5.41, 5.74) is 3.60. The van der Waals surface area contributed by atoms with Gasteiger partial charge in [-0.2, -0.15) is 13.5 Å². The zero-order chi connectivity index (χ0) is 26.9. The van der Waals surface area contributed by atoms with Crippen molar-refractivity contribution < 1.29 is 13.5 Å². The second-order valence-corrected chi connectivity index (χ2v) is 14.5. The lowest BCUT2D eigenvalue weighted by molar-refractivity contribution is -0.0209. The number of allylic oxidation sites excluding steroid dienone is 1. The van der Waals surface area contributed by atoms with E-state index in [0.29, 0.717) is 23.1 Å². The van der Waals surface area contributed by atoms with Gasteiger partial charge in [-0.25, -0.2) is 4.83 Å². The van der Waals surface area contributed by atoms with Gasteiger partial charge in [0.05, 0.1) is 11.0 Å². The average molecular weight is 536 g/mol. The van der Waals surface area contributed by atoms with Gasteiger partial charge in [-0.05, 0) is 86.7 Å². The lowest BCUT2D eigenvalue weighted by atomic mass is 9.48. The number of nitrogens with zero attached hydrogens (tertiary/aromatic N) is 2. The molecule has 0 bridgehead atoms. The summed E-state index contributed by atoms with van der Waals surface area (Å²) in [4.78, 5) is 4.92. The topological polar surface area (TPSA) is 82.0 Å². The summed E-state index contributed by atoms with van der Waals surface area (Å²) in [6, 6.07) is 11.2. The van der Waals surface area contributed by atoms with Crippen LogP contribution in [0.5, 0.6) is 0 Å². The van der Waals surface area contributed by atoms with Crippen LogP contribution in [0.1, 0.15) is 65.2 Å². The van der Waals surface area contributed by atoms with E-state index in [4.69, 9.17) is 0 Å². The third-order valence-electron chi connectivity index (χ3n) is 10.8. The van der Waals surface area contributed by atoms with E-state index in [-0.39, 0.29) is 21.8 Å². The summed E-state index contributed by atoms with van der Waals surface area (Å²) in [7, 11) is 0.106. The van der Waals surface area contributed by atoms with Crippen molar-refractivity contribution in [2.45, 2.75) is 76.2 Å². The highest BCUT2D eigenvalue weighted by Crippen LogP contribution is 2.64. The van der Waals surface area contributed by atoms with E-state index in [1.807, 2.05) is 43.3 Å². The minimum atomic E-state index is -3.82. The van der Waals surface area contributed by atoms with Crippen molar-refractivity contribution in [2.75, 3.05) is 19.0 Å². The quantitative estimate of drug-likeness (QED) is 0.379. The molecule has 3 fully saturated rings. The molecule has 4 aliphatic rings. The number of fused-ring (bicyclic) bond motifs is 6. The van der Waals surface area contributed by atoms with Gasteiger partial charge in [-0.15, -0.1) is 0 Å². The molecule has 6 rings (SSSR count). The molecule has 204 valence electrons. The summed E-state index contributed by atoms with van der Waals surface area (Å²) < 4.78 is 27.1. The molecule has 6 nitrogen and oxygen atoms in total. The fraction of sp³-hybridized carbons (Fsp3) is 0.581. The monoisotopic (exact) mass is 535 g/mol. The first kappa shape index (κ1) is 25.9. The number of hydrogen-bond acceptors (Lipinski definition) is 5. The predicted octanol–water partition coefficient (Wildman–Crippen LogP) is 5.86. The Balaban J connectivity index is 1.27. The Labute approximate surface area is 227 Å². The first-order valence-electron chi connectivity index (χ1n) is 14.2.